The van der Waals surface area contributed by atoms with Crippen LogP contribution in [0.15, 0.2) is 126 Å². The fraction of sp³-hybridized carbons (Fsp3) is 0.250. The Morgan fingerprint density at radius 1 is 0.788 bits per heavy atom. The molecule has 2 amide bonds. The summed E-state index contributed by atoms with van der Waals surface area (Å²) in [4.78, 5) is 37.8. The topological polar surface area (TPSA) is 138 Å². The average molecular weight is 726 g/mol. The summed E-state index contributed by atoms with van der Waals surface area (Å²) in [7, 11) is -3.85. The monoisotopic (exact) mass is 725 g/mol. The van der Waals surface area contributed by atoms with Gasteiger partial charge in [0.2, 0.25) is 5.91 Å². The van der Waals surface area contributed by atoms with Crippen LogP contribution in [0.4, 0.5) is 10.5 Å². The van der Waals surface area contributed by atoms with Crippen LogP contribution >= 0.6 is 8.17 Å². The number of carbonyl (C=O) groups is 2. The number of aryl methyl sites for hydroxylation is 1. The van der Waals surface area contributed by atoms with Gasteiger partial charge in [-0.3, -0.25) is 4.79 Å². The Bertz CT molecular complexity index is 1850. The first-order valence-electron chi connectivity index (χ1n) is 17.2. The zero-order chi connectivity index (χ0) is 36.0. The first-order chi connectivity index (χ1) is 25.4. The number of benzene rings is 4. The van der Waals surface area contributed by atoms with Crippen molar-refractivity contribution in [2.24, 2.45) is 0 Å². The molecule has 0 aliphatic carbocycles. The lowest BCUT2D eigenvalue weighted by atomic mass is 10.1. The van der Waals surface area contributed by atoms with Crippen molar-refractivity contribution in [2.75, 3.05) is 18.5 Å². The maximum absolute atomic E-state index is 13.7. The number of amides is 2. The largest absolute Gasteiger partial charge is 0.573 e. The maximum Gasteiger partial charge on any atom is 0.573 e. The van der Waals surface area contributed by atoms with Crippen molar-refractivity contribution in [2.45, 2.75) is 51.5 Å². The molecule has 0 saturated heterocycles. The molecule has 1 atom stereocenters. The van der Waals surface area contributed by atoms with Gasteiger partial charge in [0.25, 0.3) is 0 Å². The number of anilines is 1. The Morgan fingerprint density at radius 2 is 1.48 bits per heavy atom. The third-order valence-corrected chi connectivity index (χ3v) is 9.74. The van der Waals surface area contributed by atoms with Crippen LogP contribution in [-0.4, -0.2) is 36.1 Å². The van der Waals surface area contributed by atoms with Crippen molar-refractivity contribution in [3.8, 4) is 17.1 Å². The summed E-state index contributed by atoms with van der Waals surface area (Å²) in [5.41, 5.74) is 4.86. The summed E-state index contributed by atoms with van der Waals surface area (Å²) < 4.78 is 34.2. The van der Waals surface area contributed by atoms with Gasteiger partial charge >= 0.3 is 14.3 Å². The Balaban J connectivity index is 1.10. The van der Waals surface area contributed by atoms with Gasteiger partial charge in [0.05, 0.1) is 18.4 Å². The minimum absolute atomic E-state index is 0.00964. The van der Waals surface area contributed by atoms with E-state index in [2.05, 4.69) is 34.9 Å². The Morgan fingerprint density at radius 3 is 2.17 bits per heavy atom. The van der Waals surface area contributed by atoms with E-state index < -0.39 is 32.8 Å². The molecule has 6 rings (SSSR count). The van der Waals surface area contributed by atoms with Crippen molar-refractivity contribution in [1.82, 2.24) is 5.32 Å². The molecule has 0 spiro atoms. The molecule has 1 aromatic heterocycles. The molecule has 0 bridgehead atoms. The molecule has 0 fully saturated rings. The molecule has 1 aliphatic rings. The van der Waals surface area contributed by atoms with Gasteiger partial charge in [0, 0.05) is 5.69 Å². The van der Waals surface area contributed by atoms with Crippen molar-refractivity contribution in [3.05, 3.63) is 144 Å². The van der Waals surface area contributed by atoms with E-state index >= 15 is 0 Å². The normalized spacial score (nSPS) is 14.0. The summed E-state index contributed by atoms with van der Waals surface area (Å²) in [5.74, 6) is 0.543. The fourth-order valence-electron chi connectivity index (χ4n) is 5.53. The van der Waals surface area contributed by atoms with Crippen molar-refractivity contribution in [3.63, 3.8) is 0 Å². The third-order valence-electron chi connectivity index (χ3n) is 8.35. The van der Waals surface area contributed by atoms with E-state index in [1.165, 1.54) is 5.56 Å². The van der Waals surface area contributed by atoms with E-state index in [-0.39, 0.29) is 19.8 Å². The van der Waals surface area contributed by atoms with Gasteiger partial charge < -0.3 is 24.5 Å². The summed E-state index contributed by atoms with van der Waals surface area (Å²) in [6, 6.07) is 34.5. The number of nitrogens with one attached hydrogen (secondary N) is 2. The molecule has 3 N–H and O–H groups in total. The Kier molecular flexibility index (Phi) is 13.0. The summed E-state index contributed by atoms with van der Waals surface area (Å²) in [5, 5.41) is 5.40. The second-order valence-corrected chi connectivity index (χ2v) is 13.9. The lowest BCUT2D eigenvalue weighted by Crippen LogP contribution is -2.47. The highest BCUT2D eigenvalue weighted by Crippen LogP contribution is 2.60. The standard InChI is InChI=1S/C40H41N2O9P/c43-39(41-34-21-22-38(35(25-34)37-20-12-24-47-37)46-23-11-3-8-15-30-13-4-1-5-14-30)36(42-40(44)48-26-31-16-6-2-7-17-31)29-51-52(45)49-27-32-18-9-10-19-33(32)28-50-52/h1-2,4-7,9-10,12-14,16-22,24-25,36,45H,3,8,11,15,23,26-29H2,(H-,41,42,43,44)/p+1. The number of carbonyl (C=O) groups excluding carboxylic acids is 2. The van der Waals surface area contributed by atoms with Crippen LogP contribution in [0.25, 0.3) is 11.3 Å². The van der Waals surface area contributed by atoms with Crippen LogP contribution < -0.4 is 15.4 Å². The summed E-state index contributed by atoms with van der Waals surface area (Å²) >= 11 is 0. The molecule has 52 heavy (non-hydrogen) atoms. The fourth-order valence-corrected chi connectivity index (χ4v) is 6.70. The highest BCUT2D eigenvalue weighted by Gasteiger charge is 2.48. The molecule has 270 valence electrons. The Labute approximate surface area is 303 Å². The van der Waals surface area contributed by atoms with E-state index in [1.54, 1.807) is 30.5 Å². The van der Waals surface area contributed by atoms with Gasteiger partial charge in [0.15, 0.2) is 0 Å². The molecule has 1 aliphatic heterocycles. The van der Waals surface area contributed by atoms with E-state index in [1.807, 2.05) is 66.7 Å². The van der Waals surface area contributed by atoms with Crippen LogP contribution in [0.2, 0.25) is 0 Å². The summed E-state index contributed by atoms with van der Waals surface area (Å²) in [6.07, 6.45) is 4.70. The minimum atomic E-state index is -3.85. The van der Waals surface area contributed by atoms with Crippen LogP contribution in [0, 0.1) is 0 Å². The smallest absolute Gasteiger partial charge is 0.493 e. The molecular formula is C40H42N2O9P+. The highest BCUT2D eigenvalue weighted by molar-refractivity contribution is 7.55. The first kappa shape index (κ1) is 36.8. The van der Waals surface area contributed by atoms with E-state index in [9.17, 15) is 14.5 Å². The van der Waals surface area contributed by atoms with Gasteiger partial charge in [-0.25, -0.2) is 4.79 Å². The number of ether oxygens (including phenoxy) is 2. The van der Waals surface area contributed by atoms with Gasteiger partial charge in [-0.15, -0.1) is 9.05 Å². The lowest BCUT2D eigenvalue weighted by molar-refractivity contribution is -0.119. The van der Waals surface area contributed by atoms with E-state index in [0.29, 0.717) is 29.4 Å². The van der Waals surface area contributed by atoms with Crippen molar-refractivity contribution < 1.29 is 41.9 Å². The molecule has 0 saturated carbocycles. The second-order valence-electron chi connectivity index (χ2n) is 12.2. The quantitative estimate of drug-likeness (QED) is 0.0676. The molecule has 12 heteroatoms. The maximum atomic E-state index is 13.7. The van der Waals surface area contributed by atoms with Crippen LogP contribution in [0.1, 0.15) is 41.5 Å². The SMILES string of the molecule is O=C(NC(CO[P+]1(O)OCc2ccccc2CO1)C(=O)Nc1ccc(OCCCCCc2ccccc2)c(-c2ccco2)c1)OCc1ccccc1. The summed E-state index contributed by atoms with van der Waals surface area (Å²) in [6.45, 7) is 0.153. The number of fused-ring (bicyclic) bond motifs is 1. The predicted molar refractivity (Wildman–Crippen MR) is 197 cm³/mol. The predicted octanol–water partition coefficient (Wildman–Crippen LogP) is 8.41. The number of furan rings is 1. The zero-order valence-corrected chi connectivity index (χ0v) is 29.5. The van der Waals surface area contributed by atoms with Crippen molar-refractivity contribution >= 4 is 25.9 Å². The average Bonchev–Trinajstić information content (AvgIpc) is 3.66. The van der Waals surface area contributed by atoms with Crippen molar-refractivity contribution in [1.29, 1.82) is 0 Å². The van der Waals surface area contributed by atoms with Gasteiger partial charge in [0.1, 0.15) is 44.0 Å². The molecule has 4 aromatic carbocycles. The minimum Gasteiger partial charge on any atom is -0.493 e. The zero-order valence-electron chi connectivity index (χ0n) is 28.6. The van der Waals surface area contributed by atoms with Crippen LogP contribution in [0.3, 0.4) is 0 Å². The Hall–Kier alpha value is -5.03. The van der Waals surface area contributed by atoms with Gasteiger partial charge in [-0.2, -0.15) is 9.42 Å². The van der Waals surface area contributed by atoms with Gasteiger partial charge in [-0.1, -0.05) is 84.9 Å². The lowest BCUT2D eigenvalue weighted by Gasteiger charge is -2.20. The molecule has 1 unspecified atom stereocenters. The second kappa shape index (κ2) is 18.5. The number of unbranched alkanes of at least 4 members (excludes halogenated alkanes) is 2. The molecular weight excluding hydrogens is 683 g/mol. The van der Waals surface area contributed by atoms with Crippen LogP contribution in [-0.2, 0) is 49.3 Å². The number of hydrogen-bond donors (Lipinski definition) is 3. The molecule has 2 heterocycles. The third kappa shape index (κ3) is 10.7. The number of rotatable bonds is 16. The first-order valence-corrected chi connectivity index (χ1v) is 18.7. The molecule has 5 aromatic rings. The number of hydrogen-bond acceptors (Lipinski definition) is 9. The molecule has 0 radical (unpaired) electrons. The van der Waals surface area contributed by atoms with E-state index in [4.69, 9.17) is 27.5 Å². The highest BCUT2D eigenvalue weighted by atomic mass is 31.2. The van der Waals surface area contributed by atoms with Crippen LogP contribution in [0.5, 0.6) is 5.75 Å². The van der Waals surface area contributed by atoms with Gasteiger partial charge in [-0.05, 0) is 78.3 Å². The molecule has 11 nitrogen and oxygen atoms in total. The number of alkyl carbamates (subject to hydrolysis) is 1. The van der Waals surface area contributed by atoms with E-state index in [0.717, 1.165) is 42.4 Å².